The average Bonchev–Trinajstić information content (AvgIpc) is 3.99. The van der Waals surface area contributed by atoms with Gasteiger partial charge >= 0.3 is 5.97 Å². The number of aromatic amines is 1. The summed E-state index contributed by atoms with van der Waals surface area (Å²) in [6.07, 6.45) is 2.44. The van der Waals surface area contributed by atoms with Crippen molar-refractivity contribution in [2.75, 3.05) is 45.8 Å². The first-order chi connectivity index (χ1) is 35.0. The van der Waals surface area contributed by atoms with Crippen molar-refractivity contribution in [2.24, 2.45) is 45.1 Å². The second-order valence-electron chi connectivity index (χ2n) is 17.4. The van der Waals surface area contributed by atoms with Crippen molar-refractivity contribution < 1.29 is 62.1 Å². The number of hydrogen-bond acceptors (Lipinski definition) is 17. The number of carbonyl (C=O) groups excluding carboxylic acids is 8. The van der Waals surface area contributed by atoms with Crippen LogP contribution in [0.4, 0.5) is 8.78 Å². The highest BCUT2D eigenvalue weighted by Gasteiger charge is 2.51. The van der Waals surface area contributed by atoms with Crippen LogP contribution < -0.4 is 77.4 Å². The molecule has 2 heterocycles. The highest BCUT2D eigenvalue weighted by Crippen LogP contribution is 2.33. The fourth-order valence-electron chi connectivity index (χ4n) is 7.31. The number of amides is 8. The molecule has 8 atom stereocenters. The van der Waals surface area contributed by atoms with Gasteiger partial charge in [0.1, 0.15) is 41.9 Å². The molecule has 1 aromatic rings. The molecule has 4 unspecified atom stereocenters. The van der Waals surface area contributed by atoms with Gasteiger partial charge < -0.3 is 97.5 Å². The summed E-state index contributed by atoms with van der Waals surface area (Å²) < 4.78 is 30.5. The number of carboxylic acids is 1. The summed E-state index contributed by atoms with van der Waals surface area (Å²) in [6, 6.07) is -10.5. The first-order valence-electron chi connectivity index (χ1n) is 24.0. The predicted octanol–water partition coefficient (Wildman–Crippen LogP) is -6.86. The maximum absolute atomic E-state index is 15.3. The van der Waals surface area contributed by atoms with Gasteiger partial charge in [0, 0.05) is 37.8 Å². The lowest BCUT2D eigenvalue weighted by Gasteiger charge is -2.30. The van der Waals surface area contributed by atoms with Gasteiger partial charge in [-0.05, 0) is 77.9 Å². The number of aliphatic hydroxyl groups excluding tert-OH is 1. The van der Waals surface area contributed by atoms with Crippen LogP contribution in [0.25, 0.3) is 0 Å². The largest absolute Gasteiger partial charge is 0.477 e. The van der Waals surface area contributed by atoms with E-state index in [4.69, 9.17) is 40.1 Å². The normalized spacial score (nSPS) is 17.0. The maximum atomic E-state index is 15.3. The predicted molar refractivity (Wildman–Crippen MR) is 262 cm³/mol. The Kier molecular flexibility index (Phi) is 27.6. The molecule has 29 nitrogen and oxygen atoms in total. The number of aliphatic hydroxyl groups is 1. The van der Waals surface area contributed by atoms with Crippen molar-refractivity contribution in [2.45, 2.75) is 132 Å². The third kappa shape index (κ3) is 22.0. The number of hydrogen-bond donors (Lipinski definition) is 17. The van der Waals surface area contributed by atoms with Gasteiger partial charge in [0.05, 0.1) is 31.6 Å². The molecule has 0 spiro atoms. The molecule has 1 aromatic heterocycles. The van der Waals surface area contributed by atoms with Crippen LogP contribution in [0.3, 0.4) is 0 Å². The van der Waals surface area contributed by atoms with Gasteiger partial charge in [0.2, 0.25) is 47.3 Å². The number of carbonyl (C=O) groups is 9. The Morgan fingerprint density at radius 2 is 1.49 bits per heavy atom. The number of nitrogens with two attached hydrogens (primary N) is 7. The average molecular weight is 1060 g/mol. The Morgan fingerprint density at radius 3 is 2.08 bits per heavy atom. The Labute approximate surface area is 425 Å². The number of likely N-dealkylation sites (tertiary alicyclic amines) is 1. The van der Waals surface area contributed by atoms with Crippen LogP contribution in [0, 0.1) is 0 Å². The monoisotopic (exact) mass is 1060 g/mol. The van der Waals surface area contributed by atoms with Crippen LogP contribution in [0.15, 0.2) is 29.3 Å². The number of H-pyrrole nitrogens is 1. The van der Waals surface area contributed by atoms with E-state index in [0.717, 1.165) is 6.08 Å². The highest BCUT2D eigenvalue weighted by molar-refractivity contribution is 5.99. The van der Waals surface area contributed by atoms with Gasteiger partial charge in [0.25, 0.3) is 5.92 Å². The number of alkyl halides is 2. The fraction of sp³-hybridized carbons (Fsp3) is 0.651. The molecular formula is C43H74F2N18O11. The lowest BCUT2D eigenvalue weighted by Crippen LogP contribution is -2.60. The number of rotatable bonds is 34. The summed E-state index contributed by atoms with van der Waals surface area (Å²) in [7, 11) is 0. The number of aliphatic imine (C=N–C) groups is 1. The molecule has 0 saturated carbocycles. The van der Waals surface area contributed by atoms with E-state index in [0.29, 0.717) is 30.7 Å². The van der Waals surface area contributed by atoms with Gasteiger partial charge in [-0.2, -0.15) is 0 Å². The molecule has 1 aliphatic rings. The van der Waals surface area contributed by atoms with Crippen molar-refractivity contribution in [1.82, 2.24) is 52.1 Å². The second-order valence-corrected chi connectivity index (χ2v) is 17.4. The molecule has 74 heavy (non-hydrogen) atoms. The van der Waals surface area contributed by atoms with Crippen molar-refractivity contribution in [3.63, 3.8) is 0 Å². The molecular weight excluding hydrogens is 983 g/mol. The minimum atomic E-state index is -3.64. The van der Waals surface area contributed by atoms with E-state index in [-0.39, 0.29) is 76.2 Å². The van der Waals surface area contributed by atoms with E-state index < -0.39 is 139 Å². The number of aliphatic carboxylic acids is 1. The summed E-state index contributed by atoms with van der Waals surface area (Å²) in [6.45, 7) is -0.762. The summed E-state index contributed by atoms with van der Waals surface area (Å²) in [5.74, 6) is -13.4. The number of nitrogens with one attached hydrogen (secondary N) is 8. The Balaban J connectivity index is 2.27. The number of nitrogens with zero attached hydrogens (tertiary/aromatic N) is 3. The van der Waals surface area contributed by atoms with Crippen LogP contribution >= 0.6 is 0 Å². The lowest BCUT2D eigenvalue weighted by atomic mass is 10.0. The van der Waals surface area contributed by atoms with Crippen LogP contribution in [-0.4, -0.2) is 184 Å². The number of halogens is 2. The third-order valence-electron chi connectivity index (χ3n) is 11.3. The molecule has 1 saturated heterocycles. The molecule has 416 valence electrons. The van der Waals surface area contributed by atoms with Crippen molar-refractivity contribution in [1.29, 1.82) is 0 Å². The minimum absolute atomic E-state index is 0.00514. The highest BCUT2D eigenvalue weighted by atomic mass is 19.3. The van der Waals surface area contributed by atoms with E-state index in [1.807, 2.05) is 0 Å². The Hall–Kier alpha value is -6.93. The van der Waals surface area contributed by atoms with Crippen LogP contribution in [-0.2, 0) is 49.6 Å². The SMILES string of the molecule is CC(NC(=O)[C@@H](NC(=O)C(N)CCCCN)[C@@H](O)CN)C(=O)NCC(=O)N[C@H](CCCN)C(=O)N1CC(F)(F)CC1C(=O)NC(Cc1cnc[nH]1)C(=O)N[C@@H](CCCCN)C(=O)N/C(=C\CCN=C(N)N)C(=O)O. The fourth-order valence-corrected chi connectivity index (χ4v) is 7.31. The molecule has 0 aromatic carbocycles. The van der Waals surface area contributed by atoms with E-state index >= 15 is 8.78 Å². The summed E-state index contributed by atoms with van der Waals surface area (Å²) in [4.78, 5) is 131. The molecule has 0 bridgehead atoms. The minimum Gasteiger partial charge on any atom is -0.477 e. The Bertz CT molecular complexity index is 2100. The van der Waals surface area contributed by atoms with Gasteiger partial charge in [0.15, 0.2) is 5.96 Å². The van der Waals surface area contributed by atoms with Crippen molar-refractivity contribution in [3.05, 3.63) is 30.0 Å². The zero-order valence-corrected chi connectivity index (χ0v) is 41.3. The molecule has 1 fully saturated rings. The first-order valence-corrected chi connectivity index (χ1v) is 24.0. The summed E-state index contributed by atoms with van der Waals surface area (Å²) >= 11 is 0. The Morgan fingerprint density at radius 1 is 0.838 bits per heavy atom. The van der Waals surface area contributed by atoms with Crippen LogP contribution in [0.5, 0.6) is 0 Å². The summed E-state index contributed by atoms with van der Waals surface area (Å²) in [5.41, 5.74) is 38.6. The van der Waals surface area contributed by atoms with Gasteiger partial charge in [-0.3, -0.25) is 43.3 Å². The van der Waals surface area contributed by atoms with Crippen molar-refractivity contribution in [3.8, 4) is 0 Å². The molecule has 31 heteroatoms. The smallest absolute Gasteiger partial charge is 0.352 e. The van der Waals surface area contributed by atoms with E-state index in [9.17, 15) is 53.4 Å². The molecule has 1 aliphatic heterocycles. The number of aromatic nitrogens is 2. The zero-order chi connectivity index (χ0) is 55.5. The topological polar surface area (TPSA) is 505 Å². The first kappa shape index (κ1) is 63.2. The van der Waals surface area contributed by atoms with Gasteiger partial charge in [-0.1, -0.05) is 12.5 Å². The van der Waals surface area contributed by atoms with E-state index in [2.05, 4.69) is 52.2 Å². The summed E-state index contributed by atoms with van der Waals surface area (Å²) in [5, 5.41) is 36.5. The molecule has 2 rings (SSSR count). The molecule has 0 radical (unpaired) electrons. The second kappa shape index (κ2) is 32.3. The molecule has 8 amide bonds. The van der Waals surface area contributed by atoms with E-state index in [1.165, 1.54) is 19.4 Å². The number of guanidine groups is 1. The van der Waals surface area contributed by atoms with Gasteiger partial charge in [-0.25, -0.2) is 18.6 Å². The number of carboxylic acid groups (broad SMARTS) is 1. The zero-order valence-electron chi connectivity index (χ0n) is 41.3. The quantitative estimate of drug-likeness (QED) is 0.0132. The van der Waals surface area contributed by atoms with Gasteiger partial charge in [-0.15, -0.1) is 0 Å². The van der Waals surface area contributed by atoms with Crippen LogP contribution in [0.2, 0.25) is 0 Å². The number of unbranched alkanes of at least 4 members (excludes halogenated alkanes) is 2. The van der Waals surface area contributed by atoms with Crippen molar-refractivity contribution >= 4 is 59.2 Å². The van der Waals surface area contributed by atoms with E-state index in [1.54, 1.807) is 0 Å². The maximum Gasteiger partial charge on any atom is 0.352 e. The standard InChI is InChI=1S/C43H74F2N18O11/c1-23(57-39(71)33(31(64)18-49)62-35(67)25(50)8-2-4-12-46)34(66)55-20-32(65)58-27(10-6-14-48)40(72)63-21-43(44,45)17-30(63)38(70)61-29(16-24-19-53-22-56-24)37(69)59-26(9-3-5-13-47)36(68)60-28(41(73)74)11-7-15-54-42(51)52/h11,19,22-23,25-27,29-31,33,64H,2-10,12-18,20-21,46-50H2,1H3,(H,53,56)(H,55,66)(H,57,71)(H,58,65)(H,59,69)(H,60,68)(H,61,70)(H,62,67)(H,73,74)(H4,51,52,54)/b28-11-/t23?,25?,26-,27+,29?,30?,31-,33-/m0/s1. The molecule has 0 aliphatic carbocycles. The third-order valence-corrected chi connectivity index (χ3v) is 11.3. The molecule has 24 N–H and O–H groups in total. The number of imidazole rings is 1. The van der Waals surface area contributed by atoms with Crippen LogP contribution in [0.1, 0.15) is 76.8 Å². The lowest BCUT2D eigenvalue weighted by molar-refractivity contribution is -0.142.